The molecule has 2 unspecified atom stereocenters. The molecule has 1 aliphatic carbocycles. The monoisotopic (exact) mass is 266 g/mol. The molecule has 2 atom stereocenters. The van der Waals surface area contributed by atoms with E-state index in [-0.39, 0.29) is 11.3 Å². The van der Waals surface area contributed by atoms with Crippen LogP contribution in [0, 0.1) is 11.3 Å². The van der Waals surface area contributed by atoms with E-state index in [1.54, 1.807) is 0 Å². The maximum absolute atomic E-state index is 12.9. The highest BCUT2D eigenvalue weighted by Crippen LogP contribution is 2.44. The second-order valence-corrected chi connectivity index (χ2v) is 7.01. The van der Waals surface area contributed by atoms with Crippen molar-refractivity contribution in [3.05, 3.63) is 0 Å². The van der Waals surface area contributed by atoms with Crippen LogP contribution in [0.5, 0.6) is 0 Å². The largest absolute Gasteiger partial charge is 0.339 e. The first-order chi connectivity index (χ1) is 9.06. The predicted octanol–water partition coefficient (Wildman–Crippen LogP) is 2.80. The van der Waals surface area contributed by atoms with Crippen molar-refractivity contribution in [2.75, 3.05) is 20.1 Å². The van der Waals surface area contributed by atoms with Crippen LogP contribution in [0.15, 0.2) is 0 Å². The van der Waals surface area contributed by atoms with E-state index in [9.17, 15) is 4.79 Å². The van der Waals surface area contributed by atoms with E-state index in [0.717, 1.165) is 25.9 Å². The van der Waals surface area contributed by atoms with Gasteiger partial charge < -0.3 is 10.2 Å². The maximum atomic E-state index is 12.9. The van der Waals surface area contributed by atoms with Gasteiger partial charge in [-0.05, 0) is 57.5 Å². The van der Waals surface area contributed by atoms with Crippen molar-refractivity contribution in [1.82, 2.24) is 10.2 Å². The van der Waals surface area contributed by atoms with Gasteiger partial charge in [-0.15, -0.1) is 0 Å². The Morgan fingerprint density at radius 1 is 1.26 bits per heavy atom. The molecule has 3 nitrogen and oxygen atoms in total. The number of carbonyl (C=O) groups is 1. The lowest BCUT2D eigenvalue weighted by molar-refractivity contribution is -0.142. The Hall–Kier alpha value is -0.570. The van der Waals surface area contributed by atoms with Crippen LogP contribution in [-0.2, 0) is 4.79 Å². The summed E-state index contributed by atoms with van der Waals surface area (Å²) in [6.07, 6.45) is 8.30. The minimum absolute atomic E-state index is 0.210. The molecular formula is C16H30N2O. The first-order valence-corrected chi connectivity index (χ1v) is 8.01. The number of likely N-dealkylation sites (tertiary alicyclic amines) is 1. The van der Waals surface area contributed by atoms with Gasteiger partial charge in [0.15, 0.2) is 0 Å². The van der Waals surface area contributed by atoms with Crippen LogP contribution in [0.2, 0.25) is 0 Å². The summed E-state index contributed by atoms with van der Waals surface area (Å²) < 4.78 is 0. The molecule has 1 saturated carbocycles. The van der Waals surface area contributed by atoms with Gasteiger partial charge in [-0.2, -0.15) is 0 Å². The topological polar surface area (TPSA) is 32.3 Å². The standard InChI is InChI=1S/C16H30N2O/c1-16(2)10-6-8-14(16)15(19)18-12-5-4-7-13(18)9-11-17-3/h13-14,17H,4-12H2,1-3H3. The Balaban J connectivity index is 2.02. The Morgan fingerprint density at radius 3 is 2.68 bits per heavy atom. The number of rotatable bonds is 4. The zero-order chi connectivity index (χ0) is 13.9. The number of amides is 1. The smallest absolute Gasteiger partial charge is 0.226 e. The number of nitrogens with zero attached hydrogens (tertiary/aromatic N) is 1. The van der Waals surface area contributed by atoms with Gasteiger partial charge in [0.25, 0.3) is 0 Å². The van der Waals surface area contributed by atoms with Gasteiger partial charge in [-0.25, -0.2) is 0 Å². The lowest BCUT2D eigenvalue weighted by Gasteiger charge is -2.40. The third-order valence-electron chi connectivity index (χ3n) is 5.19. The van der Waals surface area contributed by atoms with Crippen LogP contribution in [-0.4, -0.2) is 37.0 Å². The molecule has 19 heavy (non-hydrogen) atoms. The van der Waals surface area contributed by atoms with Gasteiger partial charge in [0.05, 0.1) is 0 Å². The van der Waals surface area contributed by atoms with E-state index in [1.807, 2.05) is 7.05 Å². The summed E-state index contributed by atoms with van der Waals surface area (Å²) in [6.45, 7) is 6.55. The van der Waals surface area contributed by atoms with Crippen molar-refractivity contribution in [2.24, 2.45) is 11.3 Å². The predicted molar refractivity (Wildman–Crippen MR) is 79.0 cm³/mol. The molecular weight excluding hydrogens is 236 g/mol. The molecule has 1 N–H and O–H groups in total. The molecule has 1 heterocycles. The summed E-state index contributed by atoms with van der Waals surface area (Å²) in [6, 6.07) is 0.477. The summed E-state index contributed by atoms with van der Waals surface area (Å²) in [5.41, 5.74) is 0.210. The number of hydrogen-bond donors (Lipinski definition) is 1. The van der Waals surface area contributed by atoms with Crippen molar-refractivity contribution < 1.29 is 4.79 Å². The van der Waals surface area contributed by atoms with Crippen LogP contribution in [0.4, 0.5) is 0 Å². The molecule has 0 aromatic rings. The SMILES string of the molecule is CNCCC1CCCCN1C(=O)C1CCCC1(C)C. The number of hydrogen-bond acceptors (Lipinski definition) is 2. The molecule has 0 spiro atoms. The molecule has 2 aliphatic rings. The maximum Gasteiger partial charge on any atom is 0.226 e. The third-order valence-corrected chi connectivity index (χ3v) is 5.19. The molecule has 1 saturated heterocycles. The van der Waals surface area contributed by atoms with Crippen molar-refractivity contribution in [3.8, 4) is 0 Å². The van der Waals surface area contributed by atoms with Crippen molar-refractivity contribution >= 4 is 5.91 Å². The van der Waals surface area contributed by atoms with Gasteiger partial charge in [0.1, 0.15) is 0 Å². The molecule has 110 valence electrons. The lowest BCUT2D eigenvalue weighted by atomic mass is 9.80. The van der Waals surface area contributed by atoms with Crippen LogP contribution >= 0.6 is 0 Å². The van der Waals surface area contributed by atoms with Crippen LogP contribution < -0.4 is 5.32 Å². The Bertz CT molecular complexity index is 314. The second kappa shape index (κ2) is 6.25. The van der Waals surface area contributed by atoms with Crippen molar-refractivity contribution in [3.63, 3.8) is 0 Å². The van der Waals surface area contributed by atoms with Crippen LogP contribution in [0.1, 0.15) is 58.8 Å². The fourth-order valence-electron chi connectivity index (χ4n) is 3.89. The van der Waals surface area contributed by atoms with Crippen LogP contribution in [0.3, 0.4) is 0 Å². The summed E-state index contributed by atoms with van der Waals surface area (Å²) in [7, 11) is 2.00. The number of piperidine rings is 1. The van der Waals surface area contributed by atoms with Crippen molar-refractivity contribution in [1.29, 1.82) is 0 Å². The van der Waals surface area contributed by atoms with Gasteiger partial charge in [-0.3, -0.25) is 4.79 Å². The number of nitrogens with one attached hydrogen (secondary N) is 1. The normalized spacial score (nSPS) is 30.6. The fourth-order valence-corrected chi connectivity index (χ4v) is 3.89. The minimum atomic E-state index is 0.210. The van der Waals surface area contributed by atoms with Crippen LogP contribution in [0.25, 0.3) is 0 Å². The van der Waals surface area contributed by atoms with E-state index in [2.05, 4.69) is 24.1 Å². The van der Waals surface area contributed by atoms with Gasteiger partial charge in [0, 0.05) is 18.5 Å². The minimum Gasteiger partial charge on any atom is -0.339 e. The fraction of sp³-hybridized carbons (Fsp3) is 0.938. The molecule has 0 aromatic heterocycles. The van der Waals surface area contributed by atoms with Gasteiger partial charge in [-0.1, -0.05) is 20.3 Å². The van der Waals surface area contributed by atoms with Crippen molar-refractivity contribution in [2.45, 2.75) is 64.8 Å². The summed E-state index contributed by atoms with van der Waals surface area (Å²) in [5, 5.41) is 3.22. The Morgan fingerprint density at radius 2 is 2.05 bits per heavy atom. The van der Waals surface area contributed by atoms with E-state index in [1.165, 1.54) is 32.1 Å². The third kappa shape index (κ3) is 3.31. The molecule has 2 rings (SSSR count). The Labute approximate surface area is 118 Å². The summed E-state index contributed by atoms with van der Waals surface area (Å²) in [5.74, 6) is 0.714. The molecule has 0 bridgehead atoms. The molecule has 2 fully saturated rings. The highest BCUT2D eigenvalue weighted by Gasteiger charge is 2.42. The van der Waals surface area contributed by atoms with Gasteiger partial charge in [0.2, 0.25) is 5.91 Å². The number of carbonyl (C=O) groups excluding carboxylic acids is 1. The molecule has 1 amide bonds. The first kappa shape index (κ1) is 14.8. The summed E-state index contributed by atoms with van der Waals surface area (Å²) >= 11 is 0. The average Bonchev–Trinajstić information content (AvgIpc) is 2.75. The molecule has 3 heteroatoms. The highest BCUT2D eigenvalue weighted by atomic mass is 16.2. The lowest BCUT2D eigenvalue weighted by Crippen LogP contribution is -2.49. The van der Waals surface area contributed by atoms with E-state index >= 15 is 0 Å². The Kier molecular flexibility index (Phi) is 4.88. The summed E-state index contributed by atoms with van der Waals surface area (Å²) in [4.78, 5) is 15.1. The quantitative estimate of drug-likeness (QED) is 0.848. The van der Waals surface area contributed by atoms with E-state index in [0.29, 0.717) is 11.9 Å². The van der Waals surface area contributed by atoms with Gasteiger partial charge >= 0.3 is 0 Å². The molecule has 1 aliphatic heterocycles. The van der Waals surface area contributed by atoms with E-state index in [4.69, 9.17) is 0 Å². The first-order valence-electron chi connectivity index (χ1n) is 8.01. The molecule has 0 aromatic carbocycles. The average molecular weight is 266 g/mol. The van der Waals surface area contributed by atoms with E-state index < -0.39 is 0 Å². The second-order valence-electron chi connectivity index (χ2n) is 7.01. The zero-order valence-corrected chi connectivity index (χ0v) is 12.9. The highest BCUT2D eigenvalue weighted by molar-refractivity contribution is 5.80. The zero-order valence-electron chi connectivity index (χ0n) is 12.9. The molecule has 0 radical (unpaired) electrons.